The van der Waals surface area contributed by atoms with E-state index in [1.54, 1.807) is 48.5 Å². The first-order valence-corrected chi connectivity index (χ1v) is 8.20. The average molecular weight is 355 g/mol. The summed E-state index contributed by atoms with van der Waals surface area (Å²) in [6.45, 7) is 0.0579. The predicted octanol–water partition coefficient (Wildman–Crippen LogP) is 1.96. The molecule has 134 valence electrons. The molecule has 1 atom stereocenters. The molecule has 3 rings (SSSR count). The minimum atomic E-state index is -1.28. The molecule has 0 radical (unpaired) electrons. The summed E-state index contributed by atoms with van der Waals surface area (Å²) in [7, 11) is 0. The van der Waals surface area contributed by atoms with Crippen LogP contribution in [-0.2, 0) is 21.7 Å². The number of imide groups is 1. The highest BCUT2D eigenvalue weighted by molar-refractivity contribution is 6.07. The van der Waals surface area contributed by atoms with E-state index in [-0.39, 0.29) is 25.3 Å². The molecule has 1 heterocycles. The van der Waals surface area contributed by atoms with Crippen molar-refractivity contribution >= 4 is 17.8 Å². The topological polar surface area (TPSA) is 87.3 Å². The third-order valence-corrected chi connectivity index (χ3v) is 4.37. The second kappa shape index (κ2) is 7.35. The Labute approximate surface area is 149 Å². The molecule has 0 saturated carbocycles. The summed E-state index contributed by atoms with van der Waals surface area (Å²) in [6, 6.07) is 14.3. The lowest BCUT2D eigenvalue weighted by Crippen LogP contribution is -2.44. The minimum absolute atomic E-state index is 0.00293. The van der Waals surface area contributed by atoms with Gasteiger partial charge in [-0.15, -0.1) is 0 Å². The first kappa shape index (κ1) is 17.6. The van der Waals surface area contributed by atoms with Crippen molar-refractivity contribution in [2.24, 2.45) is 0 Å². The van der Waals surface area contributed by atoms with Crippen molar-refractivity contribution in [2.75, 3.05) is 0 Å². The van der Waals surface area contributed by atoms with Crippen molar-refractivity contribution in [3.05, 3.63) is 71.5 Å². The number of hydrogen-bond donors (Lipinski definition) is 3. The maximum atomic E-state index is 13.6. The second-order valence-corrected chi connectivity index (χ2v) is 6.05. The van der Waals surface area contributed by atoms with Crippen LogP contribution in [0.4, 0.5) is 9.18 Å². The van der Waals surface area contributed by atoms with Crippen LogP contribution < -0.4 is 16.0 Å². The number of rotatable bonds is 6. The minimum Gasteiger partial charge on any atom is -0.352 e. The summed E-state index contributed by atoms with van der Waals surface area (Å²) in [6.07, 6.45) is 0.0920. The summed E-state index contributed by atoms with van der Waals surface area (Å²) in [5, 5.41) is 7.49. The Morgan fingerprint density at radius 3 is 2.38 bits per heavy atom. The van der Waals surface area contributed by atoms with E-state index in [0.29, 0.717) is 11.1 Å². The van der Waals surface area contributed by atoms with Gasteiger partial charge in [0.1, 0.15) is 11.4 Å². The maximum absolute atomic E-state index is 13.6. The quantitative estimate of drug-likeness (QED) is 0.692. The van der Waals surface area contributed by atoms with Crippen molar-refractivity contribution in [3.8, 4) is 0 Å². The van der Waals surface area contributed by atoms with E-state index < -0.39 is 23.3 Å². The van der Waals surface area contributed by atoms with Crippen LogP contribution in [0, 0.1) is 5.82 Å². The molecular formula is C19H18FN3O3. The highest BCUT2D eigenvalue weighted by Crippen LogP contribution is 2.29. The van der Waals surface area contributed by atoms with Gasteiger partial charge in [-0.1, -0.05) is 48.5 Å². The zero-order valence-electron chi connectivity index (χ0n) is 13.9. The predicted molar refractivity (Wildman–Crippen MR) is 92.3 cm³/mol. The fourth-order valence-corrected chi connectivity index (χ4v) is 2.96. The number of benzene rings is 2. The molecule has 0 aliphatic carbocycles. The summed E-state index contributed by atoms with van der Waals surface area (Å²) < 4.78 is 13.6. The molecule has 1 unspecified atom stereocenters. The lowest BCUT2D eigenvalue weighted by Gasteiger charge is -2.26. The number of carbonyl (C=O) groups excluding carboxylic acids is 3. The van der Waals surface area contributed by atoms with Crippen LogP contribution in [0.2, 0.25) is 0 Å². The monoisotopic (exact) mass is 355 g/mol. The maximum Gasteiger partial charge on any atom is 0.322 e. The van der Waals surface area contributed by atoms with Crippen LogP contribution in [0.5, 0.6) is 0 Å². The molecule has 3 N–H and O–H groups in total. The Morgan fingerprint density at radius 2 is 1.73 bits per heavy atom. The van der Waals surface area contributed by atoms with Crippen molar-refractivity contribution < 1.29 is 18.8 Å². The lowest BCUT2D eigenvalue weighted by atomic mass is 9.85. The summed E-state index contributed by atoms with van der Waals surface area (Å²) in [4.78, 5) is 36.2. The number of carbonyl (C=O) groups is 3. The van der Waals surface area contributed by atoms with Gasteiger partial charge < -0.3 is 10.6 Å². The number of urea groups is 1. The van der Waals surface area contributed by atoms with Gasteiger partial charge in [0, 0.05) is 18.5 Å². The molecule has 1 aliphatic rings. The SMILES string of the molecule is O=C(CCC1(c2ccccc2)NC(=O)NC1=O)NCc1ccccc1F. The highest BCUT2D eigenvalue weighted by Gasteiger charge is 2.47. The van der Waals surface area contributed by atoms with Crippen molar-refractivity contribution in [1.82, 2.24) is 16.0 Å². The molecule has 6 nitrogen and oxygen atoms in total. The molecule has 1 fully saturated rings. The van der Waals surface area contributed by atoms with E-state index in [1.165, 1.54) is 6.07 Å². The third-order valence-electron chi connectivity index (χ3n) is 4.37. The van der Waals surface area contributed by atoms with Crippen LogP contribution >= 0.6 is 0 Å². The van der Waals surface area contributed by atoms with Gasteiger partial charge >= 0.3 is 6.03 Å². The normalized spacial score (nSPS) is 19.0. The molecule has 2 aromatic rings. The van der Waals surface area contributed by atoms with Gasteiger partial charge in [0.25, 0.3) is 5.91 Å². The average Bonchev–Trinajstić information content (AvgIpc) is 2.94. The van der Waals surface area contributed by atoms with Gasteiger partial charge in [-0.05, 0) is 18.1 Å². The van der Waals surface area contributed by atoms with E-state index in [9.17, 15) is 18.8 Å². The lowest BCUT2D eigenvalue weighted by molar-refractivity contribution is -0.125. The Balaban J connectivity index is 1.67. The number of halogens is 1. The standard InChI is InChI=1S/C19H18FN3O3/c20-15-9-5-4-6-13(15)12-21-16(24)10-11-19(14-7-2-1-3-8-14)17(25)22-18(26)23-19/h1-9H,10-12H2,(H,21,24)(H2,22,23,25,26). The molecule has 1 saturated heterocycles. The van der Waals surface area contributed by atoms with Crippen LogP contribution in [0.15, 0.2) is 54.6 Å². The van der Waals surface area contributed by atoms with Crippen LogP contribution in [0.1, 0.15) is 24.0 Å². The zero-order valence-corrected chi connectivity index (χ0v) is 13.9. The molecule has 7 heteroatoms. The number of hydrogen-bond acceptors (Lipinski definition) is 3. The fourth-order valence-electron chi connectivity index (χ4n) is 2.96. The van der Waals surface area contributed by atoms with E-state index >= 15 is 0 Å². The van der Waals surface area contributed by atoms with Crippen molar-refractivity contribution in [2.45, 2.75) is 24.9 Å². The first-order valence-electron chi connectivity index (χ1n) is 8.20. The molecule has 0 aromatic heterocycles. The van der Waals surface area contributed by atoms with Gasteiger partial charge in [-0.3, -0.25) is 14.9 Å². The third kappa shape index (κ3) is 3.56. The second-order valence-electron chi connectivity index (χ2n) is 6.05. The smallest absolute Gasteiger partial charge is 0.322 e. The van der Waals surface area contributed by atoms with Gasteiger partial charge in [-0.25, -0.2) is 9.18 Å². The fraction of sp³-hybridized carbons (Fsp3) is 0.211. The molecule has 0 spiro atoms. The highest BCUT2D eigenvalue weighted by atomic mass is 19.1. The van der Waals surface area contributed by atoms with Gasteiger partial charge in [0.15, 0.2) is 0 Å². The largest absolute Gasteiger partial charge is 0.352 e. The molecule has 0 bridgehead atoms. The summed E-state index contributed by atoms with van der Waals surface area (Å²) in [5.41, 5.74) is -0.302. The Hall–Kier alpha value is -3.22. The zero-order chi connectivity index (χ0) is 18.6. The van der Waals surface area contributed by atoms with Crippen LogP contribution in [0.3, 0.4) is 0 Å². The molecule has 1 aliphatic heterocycles. The Morgan fingerprint density at radius 1 is 1.04 bits per heavy atom. The summed E-state index contributed by atoms with van der Waals surface area (Å²) >= 11 is 0. The molecule has 26 heavy (non-hydrogen) atoms. The molecule has 2 aromatic carbocycles. The van der Waals surface area contributed by atoms with Crippen molar-refractivity contribution in [1.29, 1.82) is 0 Å². The van der Waals surface area contributed by atoms with Crippen molar-refractivity contribution in [3.63, 3.8) is 0 Å². The first-order chi connectivity index (χ1) is 12.5. The van der Waals surface area contributed by atoms with E-state index in [1.807, 2.05) is 0 Å². The molecule has 4 amide bonds. The van der Waals surface area contributed by atoms with Crippen LogP contribution in [-0.4, -0.2) is 17.8 Å². The number of nitrogens with one attached hydrogen (secondary N) is 3. The summed E-state index contributed by atoms with van der Waals surface area (Å²) in [5.74, 6) is -1.22. The van der Waals surface area contributed by atoms with Gasteiger partial charge in [0.05, 0.1) is 0 Å². The van der Waals surface area contributed by atoms with Crippen LogP contribution in [0.25, 0.3) is 0 Å². The van der Waals surface area contributed by atoms with E-state index in [4.69, 9.17) is 0 Å². The van der Waals surface area contributed by atoms with E-state index in [2.05, 4.69) is 16.0 Å². The van der Waals surface area contributed by atoms with E-state index in [0.717, 1.165) is 0 Å². The van der Waals surface area contributed by atoms with Gasteiger partial charge in [0.2, 0.25) is 5.91 Å². The molecular weight excluding hydrogens is 337 g/mol. The number of amides is 4. The Kier molecular flexibility index (Phi) is 4.97. The Bertz CT molecular complexity index is 841. The van der Waals surface area contributed by atoms with Gasteiger partial charge in [-0.2, -0.15) is 0 Å².